The second-order valence-electron chi connectivity index (χ2n) is 8.26. The first-order valence-corrected chi connectivity index (χ1v) is 9.02. The van der Waals surface area contributed by atoms with E-state index >= 15 is 0 Å². The van der Waals surface area contributed by atoms with Crippen LogP contribution in [0.4, 0.5) is 4.79 Å². The average molecular weight is 348 g/mol. The van der Waals surface area contributed by atoms with Crippen LogP contribution in [0.25, 0.3) is 0 Å². The van der Waals surface area contributed by atoms with Crippen molar-refractivity contribution in [2.75, 3.05) is 13.2 Å². The number of carbonyl (C=O) groups excluding carboxylic acids is 1. The Labute approximate surface area is 151 Å². The monoisotopic (exact) mass is 348 g/mol. The molecule has 2 rings (SSSR count). The van der Waals surface area contributed by atoms with E-state index in [1.54, 1.807) is 4.90 Å². The van der Waals surface area contributed by atoms with Crippen LogP contribution in [-0.2, 0) is 15.9 Å². The van der Waals surface area contributed by atoms with Gasteiger partial charge in [0.25, 0.3) is 0 Å². The summed E-state index contributed by atoms with van der Waals surface area (Å²) in [5.74, 6) is 0. The summed E-state index contributed by atoms with van der Waals surface area (Å²) in [5.41, 5.74) is 0.126. The minimum Gasteiger partial charge on any atom is -0.444 e. The summed E-state index contributed by atoms with van der Waals surface area (Å²) in [6.45, 7) is 12.8. The number of hydrogen-bond donors (Lipinski definition) is 1. The maximum atomic E-state index is 12.6. The first-order valence-electron chi connectivity index (χ1n) is 9.02. The molecule has 0 bridgehead atoms. The number of amides is 1. The van der Waals surface area contributed by atoms with Gasteiger partial charge in [-0.2, -0.15) is 0 Å². The van der Waals surface area contributed by atoms with Gasteiger partial charge in [0.2, 0.25) is 0 Å². The van der Waals surface area contributed by atoms with Gasteiger partial charge in [-0.25, -0.2) is 4.79 Å². The van der Waals surface area contributed by atoms with E-state index < -0.39 is 11.3 Å². The molecule has 5 heteroatoms. The number of ether oxygens (including phenoxy) is 2. The Hall–Kier alpha value is -1.59. The van der Waals surface area contributed by atoms with Crippen LogP contribution in [0.2, 0.25) is 0 Å². The molecule has 1 aliphatic rings. The highest BCUT2D eigenvalue weighted by atomic mass is 16.6. The minimum absolute atomic E-state index is 0.0388. The third-order valence-corrected chi connectivity index (χ3v) is 4.25. The van der Waals surface area contributed by atoms with Crippen molar-refractivity contribution in [3.63, 3.8) is 0 Å². The van der Waals surface area contributed by atoms with Crippen molar-refractivity contribution in [1.82, 2.24) is 10.2 Å². The number of hydrogen-bond acceptors (Lipinski definition) is 4. The van der Waals surface area contributed by atoms with E-state index in [1.807, 2.05) is 40.7 Å². The SMILES string of the molecule is CC(Cc1ccccc1)NCC1COC(C)(C)N1C(=O)OC(C)(C)C. The number of nitrogens with one attached hydrogen (secondary N) is 1. The van der Waals surface area contributed by atoms with E-state index in [2.05, 4.69) is 36.5 Å². The third-order valence-electron chi connectivity index (χ3n) is 4.25. The molecule has 140 valence electrons. The Morgan fingerprint density at radius 2 is 2.00 bits per heavy atom. The highest BCUT2D eigenvalue weighted by molar-refractivity contribution is 5.69. The van der Waals surface area contributed by atoms with E-state index in [4.69, 9.17) is 9.47 Å². The lowest BCUT2D eigenvalue weighted by Gasteiger charge is -2.35. The molecule has 1 N–H and O–H groups in total. The third kappa shape index (κ3) is 5.72. The summed E-state index contributed by atoms with van der Waals surface area (Å²) in [4.78, 5) is 14.3. The molecular formula is C20H32N2O3. The topological polar surface area (TPSA) is 50.8 Å². The maximum Gasteiger partial charge on any atom is 0.412 e. The standard InChI is InChI=1S/C20H32N2O3/c1-15(12-16-10-8-7-9-11-16)21-13-17-14-24-20(5,6)22(17)18(23)25-19(2,3)4/h7-11,15,17,21H,12-14H2,1-6H3. The Morgan fingerprint density at radius 1 is 1.36 bits per heavy atom. The molecule has 0 radical (unpaired) electrons. The van der Waals surface area contributed by atoms with Crippen molar-refractivity contribution < 1.29 is 14.3 Å². The molecule has 0 saturated carbocycles. The van der Waals surface area contributed by atoms with Gasteiger partial charge >= 0.3 is 6.09 Å². The lowest BCUT2D eigenvalue weighted by molar-refractivity contribution is -0.0624. The molecule has 1 aliphatic heterocycles. The molecule has 2 unspecified atom stereocenters. The van der Waals surface area contributed by atoms with E-state index in [0.717, 1.165) is 6.42 Å². The zero-order valence-electron chi connectivity index (χ0n) is 16.3. The van der Waals surface area contributed by atoms with Crippen molar-refractivity contribution in [3.8, 4) is 0 Å². The number of nitrogens with zero attached hydrogens (tertiary/aromatic N) is 1. The van der Waals surface area contributed by atoms with E-state index in [0.29, 0.717) is 19.2 Å². The van der Waals surface area contributed by atoms with Crippen LogP contribution in [0, 0.1) is 0 Å². The van der Waals surface area contributed by atoms with Gasteiger partial charge in [-0.15, -0.1) is 0 Å². The lowest BCUT2D eigenvalue weighted by Crippen LogP contribution is -2.53. The van der Waals surface area contributed by atoms with Gasteiger partial charge < -0.3 is 14.8 Å². The Balaban J connectivity index is 1.94. The minimum atomic E-state index is -0.655. The summed E-state index contributed by atoms with van der Waals surface area (Å²) in [5, 5.41) is 3.53. The summed E-state index contributed by atoms with van der Waals surface area (Å²) >= 11 is 0. The molecule has 1 fully saturated rings. The van der Waals surface area contributed by atoms with Gasteiger partial charge in [0.05, 0.1) is 12.6 Å². The van der Waals surface area contributed by atoms with Gasteiger partial charge in [0, 0.05) is 12.6 Å². The average Bonchev–Trinajstić information content (AvgIpc) is 2.79. The van der Waals surface area contributed by atoms with Crippen LogP contribution in [0.5, 0.6) is 0 Å². The molecule has 2 atom stereocenters. The first kappa shape index (κ1) is 19.7. The Bertz CT molecular complexity index is 566. The van der Waals surface area contributed by atoms with Gasteiger partial charge in [-0.3, -0.25) is 4.90 Å². The molecule has 0 spiro atoms. The zero-order chi connectivity index (χ0) is 18.7. The molecule has 25 heavy (non-hydrogen) atoms. The van der Waals surface area contributed by atoms with Crippen molar-refractivity contribution in [2.24, 2.45) is 0 Å². The molecule has 1 saturated heterocycles. The fourth-order valence-corrected chi connectivity index (χ4v) is 3.09. The quantitative estimate of drug-likeness (QED) is 0.884. The van der Waals surface area contributed by atoms with Gasteiger partial charge in [-0.05, 0) is 53.5 Å². The van der Waals surface area contributed by atoms with Gasteiger partial charge in [0.1, 0.15) is 11.3 Å². The van der Waals surface area contributed by atoms with Crippen LogP contribution in [0.3, 0.4) is 0 Å². The Kier molecular flexibility index (Phi) is 6.12. The van der Waals surface area contributed by atoms with E-state index in [9.17, 15) is 4.79 Å². The van der Waals surface area contributed by atoms with Crippen LogP contribution in [-0.4, -0.2) is 47.6 Å². The molecule has 1 aromatic carbocycles. The summed E-state index contributed by atoms with van der Waals surface area (Å²) in [6.07, 6.45) is 0.627. The van der Waals surface area contributed by atoms with Crippen molar-refractivity contribution in [1.29, 1.82) is 0 Å². The molecule has 5 nitrogen and oxygen atoms in total. The molecule has 1 aromatic rings. The van der Waals surface area contributed by atoms with Crippen LogP contribution in [0.15, 0.2) is 30.3 Å². The number of benzene rings is 1. The maximum absolute atomic E-state index is 12.6. The number of carbonyl (C=O) groups is 1. The highest BCUT2D eigenvalue weighted by Gasteiger charge is 2.45. The predicted octanol–water partition coefficient (Wildman–Crippen LogP) is 3.58. The highest BCUT2D eigenvalue weighted by Crippen LogP contribution is 2.29. The van der Waals surface area contributed by atoms with Crippen molar-refractivity contribution in [2.45, 2.75) is 71.4 Å². The fraction of sp³-hybridized carbons (Fsp3) is 0.650. The van der Waals surface area contributed by atoms with Gasteiger partial charge in [-0.1, -0.05) is 30.3 Å². The van der Waals surface area contributed by atoms with E-state index in [-0.39, 0.29) is 12.1 Å². The van der Waals surface area contributed by atoms with Crippen molar-refractivity contribution in [3.05, 3.63) is 35.9 Å². The zero-order valence-corrected chi connectivity index (χ0v) is 16.3. The molecule has 0 aromatic heterocycles. The van der Waals surface area contributed by atoms with Crippen molar-refractivity contribution >= 4 is 6.09 Å². The van der Waals surface area contributed by atoms with Crippen LogP contribution >= 0.6 is 0 Å². The summed E-state index contributed by atoms with van der Waals surface area (Å²) in [6, 6.07) is 10.7. The molecule has 1 heterocycles. The van der Waals surface area contributed by atoms with Crippen LogP contribution < -0.4 is 5.32 Å². The second-order valence-corrected chi connectivity index (χ2v) is 8.26. The number of rotatable bonds is 5. The summed E-state index contributed by atoms with van der Waals surface area (Å²) < 4.78 is 11.4. The lowest BCUT2D eigenvalue weighted by atomic mass is 10.1. The largest absolute Gasteiger partial charge is 0.444 e. The van der Waals surface area contributed by atoms with E-state index in [1.165, 1.54) is 5.56 Å². The first-order chi connectivity index (χ1) is 11.6. The Morgan fingerprint density at radius 3 is 2.60 bits per heavy atom. The van der Waals surface area contributed by atoms with Gasteiger partial charge in [0.15, 0.2) is 0 Å². The van der Waals surface area contributed by atoms with Crippen LogP contribution in [0.1, 0.15) is 47.1 Å². The molecular weight excluding hydrogens is 316 g/mol. The summed E-state index contributed by atoms with van der Waals surface area (Å²) in [7, 11) is 0. The second kappa shape index (κ2) is 7.75. The fourth-order valence-electron chi connectivity index (χ4n) is 3.09. The predicted molar refractivity (Wildman–Crippen MR) is 99.5 cm³/mol. The molecule has 0 aliphatic carbocycles. The normalized spacial score (nSPS) is 21.2. The smallest absolute Gasteiger partial charge is 0.412 e. The molecule has 1 amide bonds.